The van der Waals surface area contributed by atoms with Gasteiger partial charge in [-0.25, -0.2) is 8.78 Å². The lowest BCUT2D eigenvalue weighted by Crippen LogP contribution is -2.21. The van der Waals surface area contributed by atoms with Crippen LogP contribution in [0.15, 0.2) is 18.2 Å². The van der Waals surface area contributed by atoms with Crippen molar-refractivity contribution in [1.29, 1.82) is 0 Å². The van der Waals surface area contributed by atoms with Crippen molar-refractivity contribution in [3.05, 3.63) is 35.4 Å². The van der Waals surface area contributed by atoms with Crippen molar-refractivity contribution < 1.29 is 8.78 Å². The molecule has 1 aliphatic heterocycles. The number of nitrogens with one attached hydrogen (secondary N) is 1. The lowest BCUT2D eigenvalue weighted by atomic mass is 10.0. The second-order valence-electron chi connectivity index (χ2n) is 3.86. The molecule has 2 rings (SSSR count). The molecular weight excluding hydrogens is 184 g/mol. The first-order valence-electron chi connectivity index (χ1n) is 4.88. The maximum Gasteiger partial charge on any atom is 0.130 e. The van der Waals surface area contributed by atoms with E-state index >= 15 is 0 Å². The SMILES string of the molecule is C[C@H]1CC[C@@H](c2ccc(F)cc2F)N1. The molecular formula is C11H13F2N. The first-order valence-corrected chi connectivity index (χ1v) is 4.88. The number of hydrogen-bond donors (Lipinski definition) is 1. The zero-order valence-corrected chi connectivity index (χ0v) is 8.06. The van der Waals surface area contributed by atoms with Gasteiger partial charge in [-0.2, -0.15) is 0 Å². The Morgan fingerprint density at radius 2 is 2.07 bits per heavy atom. The quantitative estimate of drug-likeness (QED) is 0.730. The molecule has 1 aliphatic rings. The lowest BCUT2D eigenvalue weighted by molar-refractivity contribution is 0.526. The monoisotopic (exact) mass is 197 g/mol. The van der Waals surface area contributed by atoms with Crippen LogP contribution >= 0.6 is 0 Å². The van der Waals surface area contributed by atoms with Gasteiger partial charge in [0.25, 0.3) is 0 Å². The molecule has 14 heavy (non-hydrogen) atoms. The molecule has 1 aromatic rings. The molecule has 0 radical (unpaired) electrons. The maximum absolute atomic E-state index is 13.3. The molecule has 0 spiro atoms. The number of benzene rings is 1. The van der Waals surface area contributed by atoms with Gasteiger partial charge in [0.15, 0.2) is 0 Å². The molecule has 3 heteroatoms. The van der Waals surface area contributed by atoms with Gasteiger partial charge in [-0.05, 0) is 25.8 Å². The normalized spacial score (nSPS) is 26.8. The van der Waals surface area contributed by atoms with Crippen LogP contribution in [0.5, 0.6) is 0 Å². The summed E-state index contributed by atoms with van der Waals surface area (Å²) in [5.74, 6) is -0.964. The minimum atomic E-state index is -0.516. The minimum absolute atomic E-state index is 0.0469. The second-order valence-corrected chi connectivity index (χ2v) is 3.86. The van der Waals surface area contributed by atoms with Crippen molar-refractivity contribution in [2.45, 2.75) is 31.8 Å². The van der Waals surface area contributed by atoms with Gasteiger partial charge in [0.05, 0.1) is 0 Å². The summed E-state index contributed by atoms with van der Waals surface area (Å²) in [6.07, 6.45) is 1.96. The average Bonchev–Trinajstić information content (AvgIpc) is 2.51. The predicted octanol–water partition coefficient (Wildman–Crippen LogP) is 2.78. The molecule has 0 bridgehead atoms. The Morgan fingerprint density at radius 3 is 2.64 bits per heavy atom. The Balaban J connectivity index is 2.24. The van der Waals surface area contributed by atoms with E-state index in [-0.39, 0.29) is 6.04 Å². The maximum atomic E-state index is 13.3. The summed E-state index contributed by atoms with van der Waals surface area (Å²) < 4.78 is 26.0. The Bertz CT molecular complexity index is 338. The van der Waals surface area contributed by atoms with Crippen molar-refractivity contribution in [2.75, 3.05) is 0 Å². The predicted molar refractivity (Wildman–Crippen MR) is 50.9 cm³/mol. The van der Waals surface area contributed by atoms with E-state index in [2.05, 4.69) is 12.2 Å². The van der Waals surface area contributed by atoms with E-state index in [1.54, 1.807) is 0 Å². The molecule has 0 aliphatic carbocycles. The second kappa shape index (κ2) is 3.65. The molecule has 1 saturated heterocycles. The summed E-state index contributed by atoms with van der Waals surface area (Å²) in [6.45, 7) is 2.07. The summed E-state index contributed by atoms with van der Waals surface area (Å²) in [6, 6.07) is 4.25. The van der Waals surface area contributed by atoms with Crippen LogP contribution in [0.2, 0.25) is 0 Å². The van der Waals surface area contributed by atoms with E-state index in [4.69, 9.17) is 0 Å². The number of rotatable bonds is 1. The van der Waals surface area contributed by atoms with E-state index in [1.807, 2.05) is 0 Å². The molecule has 1 aromatic carbocycles. The van der Waals surface area contributed by atoms with Crippen LogP contribution in [-0.2, 0) is 0 Å². The largest absolute Gasteiger partial charge is 0.307 e. The molecule has 0 amide bonds. The molecule has 1 fully saturated rings. The Hall–Kier alpha value is -0.960. The highest BCUT2D eigenvalue weighted by Gasteiger charge is 2.23. The summed E-state index contributed by atoms with van der Waals surface area (Å²) >= 11 is 0. The zero-order chi connectivity index (χ0) is 10.1. The topological polar surface area (TPSA) is 12.0 Å². The van der Waals surface area contributed by atoms with Crippen molar-refractivity contribution in [1.82, 2.24) is 5.32 Å². The number of hydrogen-bond acceptors (Lipinski definition) is 1. The molecule has 0 saturated carbocycles. The van der Waals surface area contributed by atoms with E-state index in [1.165, 1.54) is 12.1 Å². The van der Waals surface area contributed by atoms with Gasteiger partial charge in [0, 0.05) is 23.7 Å². The van der Waals surface area contributed by atoms with Crippen molar-refractivity contribution >= 4 is 0 Å². The van der Waals surface area contributed by atoms with Crippen LogP contribution in [0.1, 0.15) is 31.4 Å². The Labute approximate surface area is 82.1 Å². The van der Waals surface area contributed by atoms with E-state index in [0.29, 0.717) is 11.6 Å². The molecule has 1 N–H and O–H groups in total. The molecule has 1 heterocycles. The van der Waals surface area contributed by atoms with Crippen LogP contribution < -0.4 is 5.32 Å². The summed E-state index contributed by atoms with van der Waals surface area (Å²) in [4.78, 5) is 0. The third kappa shape index (κ3) is 1.77. The first-order chi connectivity index (χ1) is 6.66. The standard InChI is InChI=1S/C11H13F2N/c1-7-2-5-11(14-7)9-4-3-8(12)6-10(9)13/h3-4,6-7,11,14H,2,5H2,1H3/t7-,11-/m0/s1. The van der Waals surface area contributed by atoms with Gasteiger partial charge in [0.1, 0.15) is 11.6 Å². The Morgan fingerprint density at radius 1 is 1.29 bits per heavy atom. The fourth-order valence-corrected chi connectivity index (χ4v) is 1.96. The van der Waals surface area contributed by atoms with Crippen molar-refractivity contribution in [3.63, 3.8) is 0 Å². The fraction of sp³-hybridized carbons (Fsp3) is 0.455. The van der Waals surface area contributed by atoms with E-state index < -0.39 is 11.6 Å². The Kier molecular flexibility index (Phi) is 2.50. The van der Waals surface area contributed by atoms with Crippen LogP contribution in [-0.4, -0.2) is 6.04 Å². The molecule has 0 aromatic heterocycles. The zero-order valence-electron chi connectivity index (χ0n) is 8.06. The van der Waals surface area contributed by atoms with Gasteiger partial charge >= 0.3 is 0 Å². The summed E-state index contributed by atoms with van der Waals surface area (Å²) in [5, 5.41) is 3.27. The third-order valence-electron chi connectivity index (χ3n) is 2.71. The van der Waals surface area contributed by atoms with Gasteiger partial charge in [-0.3, -0.25) is 0 Å². The number of halogens is 2. The highest BCUT2D eigenvalue weighted by atomic mass is 19.1. The molecule has 76 valence electrons. The van der Waals surface area contributed by atoms with E-state index in [9.17, 15) is 8.78 Å². The highest BCUT2D eigenvalue weighted by Crippen LogP contribution is 2.28. The van der Waals surface area contributed by atoms with Crippen LogP contribution in [0.25, 0.3) is 0 Å². The van der Waals surface area contributed by atoms with Crippen LogP contribution in [0, 0.1) is 11.6 Å². The average molecular weight is 197 g/mol. The lowest BCUT2D eigenvalue weighted by Gasteiger charge is -2.12. The fourth-order valence-electron chi connectivity index (χ4n) is 1.96. The van der Waals surface area contributed by atoms with Gasteiger partial charge in [0.2, 0.25) is 0 Å². The van der Waals surface area contributed by atoms with Crippen LogP contribution in [0.3, 0.4) is 0 Å². The molecule has 2 atom stereocenters. The van der Waals surface area contributed by atoms with E-state index in [0.717, 1.165) is 18.9 Å². The minimum Gasteiger partial charge on any atom is -0.307 e. The third-order valence-corrected chi connectivity index (χ3v) is 2.71. The molecule has 1 nitrogen and oxygen atoms in total. The van der Waals surface area contributed by atoms with Crippen LogP contribution in [0.4, 0.5) is 8.78 Å². The van der Waals surface area contributed by atoms with Crippen molar-refractivity contribution in [2.24, 2.45) is 0 Å². The van der Waals surface area contributed by atoms with Gasteiger partial charge in [-0.15, -0.1) is 0 Å². The van der Waals surface area contributed by atoms with Crippen molar-refractivity contribution in [3.8, 4) is 0 Å². The van der Waals surface area contributed by atoms with Gasteiger partial charge in [-0.1, -0.05) is 6.07 Å². The summed E-state index contributed by atoms with van der Waals surface area (Å²) in [5.41, 5.74) is 0.579. The first kappa shape index (κ1) is 9.59. The van der Waals surface area contributed by atoms with Gasteiger partial charge < -0.3 is 5.32 Å². The molecule has 0 unspecified atom stereocenters. The summed E-state index contributed by atoms with van der Waals surface area (Å²) in [7, 11) is 0. The highest BCUT2D eigenvalue weighted by molar-refractivity contribution is 5.23. The smallest absolute Gasteiger partial charge is 0.130 e.